The van der Waals surface area contributed by atoms with Crippen LogP contribution in [0.5, 0.6) is 0 Å². The molecule has 1 aliphatic rings. The van der Waals surface area contributed by atoms with Crippen LogP contribution < -0.4 is 5.32 Å². The number of nitro groups is 1. The van der Waals surface area contributed by atoms with Crippen molar-refractivity contribution < 1.29 is 19.2 Å². The highest BCUT2D eigenvalue weighted by molar-refractivity contribution is 7.97. The molecule has 0 bridgehead atoms. The summed E-state index contributed by atoms with van der Waals surface area (Å²) in [5.41, 5.74) is 1.23. The molecule has 184 valence electrons. The van der Waals surface area contributed by atoms with E-state index < -0.39 is 11.0 Å². The molecule has 1 saturated heterocycles. The monoisotopic (exact) mass is 487 g/mol. The van der Waals surface area contributed by atoms with Crippen LogP contribution in [-0.2, 0) is 15.9 Å². The summed E-state index contributed by atoms with van der Waals surface area (Å²) in [5, 5.41) is 14.0. The SMILES string of the molecule is CC(C)CN(CC[C@H](Cc1ccccc1)NC(=O)OC1CCOC1)Sc1ccc([N+](=O)[O-])cc1. The third-order valence-corrected chi connectivity index (χ3v) is 6.46. The van der Waals surface area contributed by atoms with Gasteiger partial charge in [-0.2, -0.15) is 0 Å². The summed E-state index contributed by atoms with van der Waals surface area (Å²) < 4.78 is 13.1. The Morgan fingerprint density at radius 1 is 1.24 bits per heavy atom. The second-order valence-corrected chi connectivity index (χ2v) is 10.0. The number of ether oxygens (including phenoxy) is 2. The van der Waals surface area contributed by atoms with Gasteiger partial charge in [0.05, 0.1) is 18.1 Å². The van der Waals surface area contributed by atoms with Crippen molar-refractivity contribution in [2.24, 2.45) is 5.92 Å². The van der Waals surface area contributed by atoms with Gasteiger partial charge in [0.2, 0.25) is 0 Å². The Morgan fingerprint density at radius 2 is 1.97 bits per heavy atom. The second-order valence-electron chi connectivity index (χ2n) is 8.83. The molecule has 1 heterocycles. The second kappa shape index (κ2) is 13.3. The molecule has 1 aliphatic heterocycles. The zero-order valence-corrected chi connectivity index (χ0v) is 20.5. The van der Waals surface area contributed by atoms with Crippen LogP contribution in [0.15, 0.2) is 59.5 Å². The van der Waals surface area contributed by atoms with Gasteiger partial charge in [-0.3, -0.25) is 10.1 Å². The fourth-order valence-corrected chi connectivity index (χ4v) is 4.87. The lowest BCUT2D eigenvalue weighted by atomic mass is 10.0. The van der Waals surface area contributed by atoms with Crippen molar-refractivity contribution in [2.75, 3.05) is 26.3 Å². The van der Waals surface area contributed by atoms with Crippen molar-refractivity contribution in [3.8, 4) is 0 Å². The number of non-ortho nitro benzene ring substituents is 1. The number of nitrogens with one attached hydrogen (secondary N) is 1. The standard InChI is InChI=1S/C25H33N3O5S/c1-19(2)17-27(34-24-10-8-22(9-11-24)28(30)31)14-12-21(16-20-6-4-3-5-7-20)26-25(29)33-23-13-15-32-18-23/h3-11,19,21,23H,12-18H2,1-2H3,(H,26,29)/t21-,23?/m1/s1. The molecule has 9 heteroatoms. The van der Waals surface area contributed by atoms with Crippen LogP contribution in [-0.4, -0.2) is 53.8 Å². The van der Waals surface area contributed by atoms with E-state index in [0.717, 1.165) is 36.4 Å². The van der Waals surface area contributed by atoms with Gasteiger partial charge in [0.15, 0.2) is 0 Å². The van der Waals surface area contributed by atoms with Crippen LogP contribution in [0.2, 0.25) is 0 Å². The van der Waals surface area contributed by atoms with Gasteiger partial charge < -0.3 is 14.8 Å². The molecule has 2 aromatic carbocycles. The molecule has 2 aromatic rings. The average Bonchev–Trinajstić information content (AvgIpc) is 3.31. The van der Waals surface area contributed by atoms with Crippen molar-refractivity contribution in [1.82, 2.24) is 9.62 Å². The van der Waals surface area contributed by atoms with Crippen molar-refractivity contribution in [1.29, 1.82) is 0 Å². The van der Waals surface area contributed by atoms with Crippen molar-refractivity contribution in [3.63, 3.8) is 0 Å². The number of hydrogen-bond acceptors (Lipinski definition) is 7. The van der Waals surface area contributed by atoms with Gasteiger partial charge >= 0.3 is 6.09 Å². The molecule has 2 atom stereocenters. The Balaban J connectivity index is 1.63. The Bertz CT molecular complexity index is 905. The fourth-order valence-electron chi connectivity index (χ4n) is 3.74. The molecule has 34 heavy (non-hydrogen) atoms. The lowest BCUT2D eigenvalue weighted by Gasteiger charge is -2.26. The van der Waals surface area contributed by atoms with Crippen LogP contribution in [0.25, 0.3) is 0 Å². The molecule has 1 unspecified atom stereocenters. The smallest absolute Gasteiger partial charge is 0.407 e. The van der Waals surface area contributed by atoms with Gasteiger partial charge in [-0.25, -0.2) is 9.10 Å². The number of amides is 1. The fraction of sp³-hybridized carbons (Fsp3) is 0.480. The molecule has 0 aromatic heterocycles. The summed E-state index contributed by atoms with van der Waals surface area (Å²) in [6, 6.07) is 16.6. The molecule has 0 spiro atoms. The third kappa shape index (κ3) is 8.96. The first-order chi connectivity index (χ1) is 16.4. The molecule has 1 N–H and O–H groups in total. The summed E-state index contributed by atoms with van der Waals surface area (Å²) in [7, 11) is 0. The van der Waals surface area contributed by atoms with Crippen molar-refractivity contribution in [3.05, 3.63) is 70.3 Å². The van der Waals surface area contributed by atoms with E-state index in [4.69, 9.17) is 9.47 Å². The summed E-state index contributed by atoms with van der Waals surface area (Å²) in [6.45, 7) is 6.97. The Morgan fingerprint density at radius 3 is 2.59 bits per heavy atom. The van der Waals surface area contributed by atoms with E-state index in [1.807, 2.05) is 18.2 Å². The molecule has 0 saturated carbocycles. The van der Waals surface area contributed by atoms with E-state index in [2.05, 4.69) is 35.6 Å². The van der Waals surface area contributed by atoms with E-state index in [-0.39, 0.29) is 17.8 Å². The van der Waals surface area contributed by atoms with Gasteiger partial charge in [-0.15, -0.1) is 0 Å². The maximum atomic E-state index is 12.5. The maximum Gasteiger partial charge on any atom is 0.407 e. The van der Waals surface area contributed by atoms with Gasteiger partial charge in [-0.05, 0) is 48.4 Å². The van der Waals surface area contributed by atoms with Gasteiger partial charge in [-0.1, -0.05) is 44.2 Å². The Labute approximate surface area is 205 Å². The molecule has 0 aliphatic carbocycles. The summed E-state index contributed by atoms with van der Waals surface area (Å²) in [4.78, 5) is 24.0. The number of rotatable bonds is 12. The minimum Gasteiger partial charge on any atom is -0.444 e. The van der Waals surface area contributed by atoms with Gasteiger partial charge in [0.25, 0.3) is 5.69 Å². The highest BCUT2D eigenvalue weighted by Crippen LogP contribution is 2.26. The van der Waals surface area contributed by atoms with E-state index in [0.29, 0.717) is 25.6 Å². The molecule has 8 nitrogen and oxygen atoms in total. The first-order valence-corrected chi connectivity index (χ1v) is 12.4. The first-order valence-electron chi connectivity index (χ1n) is 11.6. The minimum atomic E-state index is -0.408. The number of alkyl carbamates (subject to hydrolysis) is 1. The topological polar surface area (TPSA) is 93.9 Å². The zero-order chi connectivity index (χ0) is 24.3. The van der Waals surface area contributed by atoms with E-state index >= 15 is 0 Å². The van der Waals surface area contributed by atoms with Crippen LogP contribution in [0.1, 0.15) is 32.3 Å². The molecule has 3 rings (SSSR count). The molecule has 0 radical (unpaired) electrons. The lowest BCUT2D eigenvalue weighted by Crippen LogP contribution is -2.40. The van der Waals surface area contributed by atoms with Crippen LogP contribution in [0, 0.1) is 16.0 Å². The number of benzene rings is 2. The normalized spacial score (nSPS) is 16.5. The summed E-state index contributed by atoms with van der Waals surface area (Å²) >= 11 is 1.58. The predicted molar refractivity (Wildman–Crippen MR) is 133 cm³/mol. The lowest BCUT2D eigenvalue weighted by molar-refractivity contribution is -0.384. The van der Waals surface area contributed by atoms with E-state index in [9.17, 15) is 14.9 Å². The molecule has 1 fully saturated rings. The largest absolute Gasteiger partial charge is 0.444 e. The minimum absolute atomic E-state index is 0.0815. The number of nitrogens with zero attached hydrogens (tertiary/aromatic N) is 2. The number of hydrogen-bond donors (Lipinski definition) is 1. The van der Waals surface area contributed by atoms with Gasteiger partial charge in [0.1, 0.15) is 6.10 Å². The first kappa shape index (κ1) is 26.0. The summed E-state index contributed by atoms with van der Waals surface area (Å²) in [5.74, 6) is 0.443. The maximum absolute atomic E-state index is 12.5. The van der Waals surface area contributed by atoms with Crippen LogP contribution >= 0.6 is 11.9 Å². The molecular formula is C25H33N3O5S. The molecule has 1 amide bonds. The quantitative estimate of drug-likeness (QED) is 0.254. The van der Waals surface area contributed by atoms with Crippen LogP contribution in [0.4, 0.5) is 10.5 Å². The van der Waals surface area contributed by atoms with E-state index in [1.54, 1.807) is 24.1 Å². The highest BCUT2D eigenvalue weighted by atomic mass is 32.2. The molecular weight excluding hydrogens is 454 g/mol. The predicted octanol–water partition coefficient (Wildman–Crippen LogP) is 5.08. The highest BCUT2D eigenvalue weighted by Gasteiger charge is 2.23. The summed E-state index contributed by atoms with van der Waals surface area (Å²) in [6.07, 6.45) is 1.57. The third-order valence-electron chi connectivity index (χ3n) is 5.39. The zero-order valence-electron chi connectivity index (χ0n) is 19.7. The van der Waals surface area contributed by atoms with Crippen LogP contribution in [0.3, 0.4) is 0 Å². The van der Waals surface area contributed by atoms with Crippen molar-refractivity contribution in [2.45, 2.75) is 50.2 Å². The Hall–Kier alpha value is -2.62. The average molecular weight is 488 g/mol. The van der Waals surface area contributed by atoms with Crippen molar-refractivity contribution >= 4 is 23.7 Å². The number of nitro benzene ring substituents is 1. The Kier molecular flexibility index (Phi) is 10.2. The van der Waals surface area contributed by atoms with E-state index in [1.165, 1.54) is 12.1 Å². The van der Waals surface area contributed by atoms with Gasteiger partial charge in [0, 0.05) is 42.6 Å². The number of carbonyl (C=O) groups excluding carboxylic acids is 1. The number of carbonyl (C=O) groups is 1.